The minimum Gasteiger partial charge on any atom is -0.481 e. The van der Waals surface area contributed by atoms with Gasteiger partial charge in [-0.1, -0.05) is 0 Å². The fourth-order valence-electron chi connectivity index (χ4n) is 6.01. The molecule has 1 aromatic carbocycles. The molecule has 0 aliphatic carbocycles. The number of nitrogens with zero attached hydrogens (tertiary/aromatic N) is 3. The zero-order valence-corrected chi connectivity index (χ0v) is 22.6. The van der Waals surface area contributed by atoms with E-state index in [1.54, 1.807) is 4.90 Å². The number of carbonyl (C=O) groups excluding carboxylic acids is 2. The predicted octanol–water partition coefficient (Wildman–Crippen LogP) is 5.16. The number of rotatable bonds is 5. The molecule has 1 atom stereocenters. The van der Waals surface area contributed by atoms with Crippen molar-refractivity contribution in [2.24, 2.45) is 5.92 Å². The molecule has 1 N–H and O–H groups in total. The first-order valence-electron chi connectivity index (χ1n) is 13.6. The van der Waals surface area contributed by atoms with Gasteiger partial charge in [-0.15, -0.1) is 0 Å². The number of amides is 2. The maximum atomic E-state index is 13.9. The van der Waals surface area contributed by atoms with E-state index in [-0.39, 0.29) is 30.8 Å². The quantitative estimate of drug-likeness (QED) is 0.475. The molecular formula is C27H33F6N3O5. The van der Waals surface area contributed by atoms with Crippen LogP contribution < -0.4 is 0 Å². The van der Waals surface area contributed by atoms with Gasteiger partial charge in [0.2, 0.25) is 0 Å². The summed E-state index contributed by atoms with van der Waals surface area (Å²) in [6.07, 6.45) is -10.1. The molecule has 8 nitrogen and oxygen atoms in total. The fraction of sp³-hybridized carbons (Fsp3) is 0.667. The maximum absolute atomic E-state index is 13.9. The van der Waals surface area contributed by atoms with Crippen LogP contribution in [0.5, 0.6) is 0 Å². The lowest BCUT2D eigenvalue weighted by atomic mass is 9.84. The molecule has 228 valence electrons. The standard InChI is InChI=1S/C27H33F6N3O5/c1-17(26(28,29)30)41-24(40)35-13-8-25(9-14-35)7-2-10-36(25)22(37)21-4-3-20(27(31,32)33)15-19(21)16-34-11-5-18(6-12-34)23(38)39/h3-4,15,17-18H,2,5-14,16H2,1H3,(H,38,39). The third-order valence-corrected chi connectivity index (χ3v) is 8.53. The lowest BCUT2D eigenvalue weighted by molar-refractivity contribution is -0.200. The summed E-state index contributed by atoms with van der Waals surface area (Å²) in [6.45, 7) is 2.04. The van der Waals surface area contributed by atoms with Crippen LogP contribution in [-0.2, 0) is 22.3 Å². The van der Waals surface area contributed by atoms with Crippen LogP contribution in [0.4, 0.5) is 31.1 Å². The summed E-state index contributed by atoms with van der Waals surface area (Å²) in [6, 6.07) is 3.03. The SMILES string of the molecule is CC(OC(=O)N1CCC2(CCCN2C(=O)c2ccc(C(F)(F)F)cc2CN2CCC(C(=O)O)CC2)CC1)C(F)(F)F. The molecule has 2 amide bonds. The number of aliphatic carboxylic acids is 1. The van der Waals surface area contributed by atoms with Gasteiger partial charge in [0.15, 0.2) is 6.10 Å². The molecule has 0 bridgehead atoms. The molecule has 1 aromatic rings. The number of benzene rings is 1. The lowest BCUT2D eigenvalue weighted by Gasteiger charge is -2.45. The molecule has 3 fully saturated rings. The summed E-state index contributed by atoms with van der Waals surface area (Å²) in [5.74, 6) is -1.86. The molecule has 3 aliphatic rings. The van der Waals surface area contributed by atoms with Gasteiger partial charge in [0, 0.05) is 37.3 Å². The first-order valence-corrected chi connectivity index (χ1v) is 13.6. The van der Waals surface area contributed by atoms with Gasteiger partial charge in [-0.25, -0.2) is 4.79 Å². The van der Waals surface area contributed by atoms with Crippen LogP contribution in [0.15, 0.2) is 18.2 Å². The van der Waals surface area contributed by atoms with Crippen LogP contribution in [0.25, 0.3) is 0 Å². The molecule has 1 unspecified atom stereocenters. The zero-order valence-electron chi connectivity index (χ0n) is 22.6. The van der Waals surface area contributed by atoms with Crippen LogP contribution in [-0.4, -0.2) is 88.3 Å². The maximum Gasteiger partial charge on any atom is 0.425 e. The van der Waals surface area contributed by atoms with Crippen LogP contribution in [0.3, 0.4) is 0 Å². The van der Waals surface area contributed by atoms with E-state index in [9.17, 15) is 45.8 Å². The van der Waals surface area contributed by atoms with Crippen molar-refractivity contribution in [2.75, 3.05) is 32.7 Å². The van der Waals surface area contributed by atoms with E-state index in [1.165, 1.54) is 11.0 Å². The number of ether oxygens (including phenoxy) is 1. The van der Waals surface area contributed by atoms with E-state index in [0.29, 0.717) is 58.2 Å². The Morgan fingerprint density at radius 3 is 2.20 bits per heavy atom. The molecule has 0 saturated carbocycles. The normalized spacial score (nSPS) is 21.2. The minimum atomic E-state index is -4.69. The Balaban J connectivity index is 1.50. The molecule has 3 aliphatic heterocycles. The highest BCUT2D eigenvalue weighted by atomic mass is 19.4. The van der Waals surface area contributed by atoms with Gasteiger partial charge >= 0.3 is 24.4 Å². The second-order valence-corrected chi connectivity index (χ2v) is 11.1. The number of carbonyl (C=O) groups is 3. The molecule has 0 aromatic heterocycles. The van der Waals surface area contributed by atoms with E-state index >= 15 is 0 Å². The summed E-state index contributed by atoms with van der Waals surface area (Å²) in [5.41, 5.74) is -1.24. The number of hydrogen-bond donors (Lipinski definition) is 1. The van der Waals surface area contributed by atoms with Gasteiger partial charge in [-0.05, 0) is 82.3 Å². The second-order valence-electron chi connectivity index (χ2n) is 11.1. The molecule has 3 heterocycles. The van der Waals surface area contributed by atoms with Gasteiger partial charge in [0.25, 0.3) is 5.91 Å². The van der Waals surface area contributed by atoms with E-state index in [4.69, 9.17) is 0 Å². The average molecular weight is 594 g/mol. The number of hydrogen-bond acceptors (Lipinski definition) is 5. The number of halogens is 6. The van der Waals surface area contributed by atoms with Gasteiger partial charge in [-0.3, -0.25) is 14.5 Å². The highest BCUT2D eigenvalue weighted by Crippen LogP contribution is 2.41. The monoisotopic (exact) mass is 593 g/mol. The van der Waals surface area contributed by atoms with E-state index < -0.39 is 53.4 Å². The van der Waals surface area contributed by atoms with Crippen molar-refractivity contribution >= 4 is 18.0 Å². The largest absolute Gasteiger partial charge is 0.481 e. The number of piperidine rings is 2. The zero-order chi connectivity index (χ0) is 30.2. The number of likely N-dealkylation sites (tertiary alicyclic amines) is 3. The van der Waals surface area contributed by atoms with Crippen LogP contribution in [0.2, 0.25) is 0 Å². The first-order chi connectivity index (χ1) is 19.1. The summed E-state index contributed by atoms with van der Waals surface area (Å²) < 4.78 is 83.7. The smallest absolute Gasteiger partial charge is 0.425 e. The van der Waals surface area contributed by atoms with Crippen LogP contribution >= 0.6 is 0 Å². The van der Waals surface area contributed by atoms with Crippen LogP contribution in [0.1, 0.15) is 66.9 Å². The number of alkyl halides is 6. The molecule has 14 heteroatoms. The molecular weight excluding hydrogens is 560 g/mol. The molecule has 1 spiro atoms. The van der Waals surface area contributed by atoms with Crippen molar-refractivity contribution in [1.29, 1.82) is 0 Å². The van der Waals surface area contributed by atoms with E-state index in [2.05, 4.69) is 4.74 Å². The van der Waals surface area contributed by atoms with E-state index in [0.717, 1.165) is 19.1 Å². The molecule has 4 rings (SSSR count). The minimum absolute atomic E-state index is 0.0508. The van der Waals surface area contributed by atoms with Crippen molar-refractivity contribution in [3.05, 3.63) is 34.9 Å². The lowest BCUT2D eigenvalue weighted by Crippen LogP contribution is -2.55. The summed E-state index contributed by atoms with van der Waals surface area (Å²) in [7, 11) is 0. The Kier molecular flexibility index (Phi) is 8.81. The number of carboxylic acid groups (broad SMARTS) is 1. The van der Waals surface area contributed by atoms with E-state index in [1.807, 2.05) is 4.90 Å². The second kappa shape index (κ2) is 11.7. The summed E-state index contributed by atoms with van der Waals surface area (Å²) >= 11 is 0. The summed E-state index contributed by atoms with van der Waals surface area (Å²) in [5, 5.41) is 9.25. The molecule has 0 radical (unpaired) electrons. The Morgan fingerprint density at radius 1 is 1.00 bits per heavy atom. The first kappa shape index (κ1) is 30.9. The van der Waals surface area contributed by atoms with Crippen molar-refractivity contribution in [2.45, 2.75) is 76.0 Å². The number of carboxylic acids is 1. The average Bonchev–Trinajstić information content (AvgIpc) is 3.30. The Labute approximate surface area is 233 Å². The highest BCUT2D eigenvalue weighted by Gasteiger charge is 2.48. The topological polar surface area (TPSA) is 90.4 Å². The third kappa shape index (κ3) is 6.90. The Morgan fingerprint density at radius 2 is 1.63 bits per heavy atom. The van der Waals surface area contributed by atoms with Crippen molar-refractivity contribution in [3.8, 4) is 0 Å². The van der Waals surface area contributed by atoms with Crippen molar-refractivity contribution in [1.82, 2.24) is 14.7 Å². The molecule has 41 heavy (non-hydrogen) atoms. The van der Waals surface area contributed by atoms with Crippen molar-refractivity contribution < 1.29 is 50.6 Å². The Hall–Kier alpha value is -3.03. The van der Waals surface area contributed by atoms with Gasteiger partial charge < -0.3 is 19.6 Å². The highest BCUT2D eigenvalue weighted by molar-refractivity contribution is 5.96. The Bertz CT molecular complexity index is 1140. The predicted molar refractivity (Wildman–Crippen MR) is 133 cm³/mol. The van der Waals surface area contributed by atoms with Crippen molar-refractivity contribution in [3.63, 3.8) is 0 Å². The summed E-state index contributed by atoms with van der Waals surface area (Å²) in [4.78, 5) is 42.1. The van der Waals surface area contributed by atoms with Crippen LogP contribution in [0, 0.1) is 5.92 Å². The van der Waals surface area contributed by atoms with Gasteiger partial charge in [0.1, 0.15) is 0 Å². The third-order valence-electron chi connectivity index (χ3n) is 8.53. The molecule has 3 saturated heterocycles. The van der Waals surface area contributed by atoms with Gasteiger partial charge in [-0.2, -0.15) is 26.3 Å². The fourth-order valence-corrected chi connectivity index (χ4v) is 6.01. The van der Waals surface area contributed by atoms with Gasteiger partial charge in [0.05, 0.1) is 11.5 Å².